The van der Waals surface area contributed by atoms with Gasteiger partial charge in [-0.2, -0.15) is 0 Å². The number of benzene rings is 2. The van der Waals surface area contributed by atoms with Gasteiger partial charge in [-0.1, -0.05) is 49.0 Å². The smallest absolute Gasteiger partial charge is 0.267 e. The third-order valence-electron chi connectivity index (χ3n) is 6.31. The highest BCUT2D eigenvalue weighted by molar-refractivity contribution is 7.98. The average Bonchev–Trinajstić information content (AvgIpc) is 3.21. The number of H-pyrrole nitrogens is 1. The van der Waals surface area contributed by atoms with Gasteiger partial charge in [-0.3, -0.25) is 14.2 Å². The topological polar surface area (TPSA) is 80.6 Å². The first-order chi connectivity index (χ1) is 16.6. The molecule has 3 heterocycles. The maximum Gasteiger partial charge on any atom is 0.267 e. The van der Waals surface area contributed by atoms with E-state index in [0.717, 1.165) is 35.2 Å². The summed E-state index contributed by atoms with van der Waals surface area (Å²) in [6.07, 6.45) is 3.03. The zero-order valence-electron chi connectivity index (χ0n) is 18.6. The van der Waals surface area contributed by atoms with Crippen LogP contribution in [0.15, 0.2) is 69.3 Å². The molecule has 0 saturated carbocycles. The van der Waals surface area contributed by atoms with E-state index in [-0.39, 0.29) is 11.1 Å². The molecule has 0 aliphatic heterocycles. The normalized spacial score (nSPS) is 15.6. The zero-order valence-corrected chi connectivity index (χ0v) is 20.2. The lowest BCUT2D eigenvalue weighted by Gasteiger charge is -2.17. The molecule has 5 aromatic rings. The first kappa shape index (κ1) is 21.3. The summed E-state index contributed by atoms with van der Waals surface area (Å²) in [6, 6.07) is 16.9. The Labute approximate surface area is 203 Å². The van der Waals surface area contributed by atoms with Crippen molar-refractivity contribution in [3.05, 3.63) is 91.6 Å². The van der Waals surface area contributed by atoms with Crippen LogP contribution in [0.25, 0.3) is 26.8 Å². The minimum atomic E-state index is -0.162. The van der Waals surface area contributed by atoms with Crippen molar-refractivity contribution >= 4 is 44.2 Å². The molecule has 1 unspecified atom stereocenters. The molecule has 170 valence electrons. The number of aryl methyl sites for hydroxylation is 1. The van der Waals surface area contributed by atoms with Gasteiger partial charge in [-0.15, -0.1) is 11.3 Å². The monoisotopic (exact) mass is 486 g/mol. The highest BCUT2D eigenvalue weighted by Gasteiger charge is 2.25. The second-order valence-electron chi connectivity index (χ2n) is 8.72. The minimum Gasteiger partial charge on any atom is -0.309 e. The quantitative estimate of drug-likeness (QED) is 0.282. The molecule has 6 rings (SSSR count). The van der Waals surface area contributed by atoms with E-state index in [4.69, 9.17) is 4.98 Å². The molecule has 0 spiro atoms. The summed E-state index contributed by atoms with van der Waals surface area (Å²) in [5.41, 5.74) is 2.44. The average molecular weight is 487 g/mol. The molecule has 0 bridgehead atoms. The number of hydrogen-bond donors (Lipinski definition) is 1. The molecule has 8 heteroatoms. The molecule has 0 saturated heterocycles. The Morgan fingerprint density at radius 1 is 1.09 bits per heavy atom. The summed E-state index contributed by atoms with van der Waals surface area (Å²) in [5.74, 6) is 1.58. The third-order valence-corrected chi connectivity index (χ3v) is 8.41. The molecule has 0 fully saturated rings. The molecule has 1 aliphatic carbocycles. The van der Waals surface area contributed by atoms with Gasteiger partial charge < -0.3 is 4.98 Å². The van der Waals surface area contributed by atoms with Crippen LogP contribution in [0.4, 0.5) is 0 Å². The van der Waals surface area contributed by atoms with E-state index in [9.17, 15) is 9.59 Å². The number of nitrogens with zero attached hydrogens (tertiary/aromatic N) is 3. The summed E-state index contributed by atoms with van der Waals surface area (Å²) in [4.78, 5) is 40.9. The summed E-state index contributed by atoms with van der Waals surface area (Å²) >= 11 is 3.06. The van der Waals surface area contributed by atoms with Gasteiger partial charge in [0.2, 0.25) is 0 Å². The Bertz CT molecular complexity index is 1650. The molecule has 2 aromatic carbocycles. The van der Waals surface area contributed by atoms with E-state index in [1.807, 2.05) is 48.5 Å². The van der Waals surface area contributed by atoms with Crippen LogP contribution in [-0.4, -0.2) is 19.5 Å². The minimum absolute atomic E-state index is 0.0225. The second-order valence-corrected chi connectivity index (χ2v) is 10.7. The number of hydrogen-bond acceptors (Lipinski definition) is 6. The molecule has 1 N–H and O–H groups in total. The van der Waals surface area contributed by atoms with Crippen LogP contribution in [0.2, 0.25) is 0 Å². The third kappa shape index (κ3) is 3.67. The lowest BCUT2D eigenvalue weighted by atomic mass is 9.89. The maximum atomic E-state index is 13.8. The lowest BCUT2D eigenvalue weighted by Crippen LogP contribution is -2.22. The Hall–Kier alpha value is -3.23. The fourth-order valence-electron chi connectivity index (χ4n) is 4.61. The summed E-state index contributed by atoms with van der Waals surface area (Å²) in [7, 11) is 0. The van der Waals surface area contributed by atoms with Gasteiger partial charge in [-0.05, 0) is 55.0 Å². The number of aromatic amines is 1. The van der Waals surface area contributed by atoms with Gasteiger partial charge >= 0.3 is 0 Å². The Balaban J connectivity index is 1.47. The van der Waals surface area contributed by atoms with Crippen molar-refractivity contribution in [1.82, 2.24) is 19.5 Å². The number of fused-ring (bicyclic) bond motifs is 4. The molecule has 1 aliphatic rings. The van der Waals surface area contributed by atoms with E-state index in [1.165, 1.54) is 22.2 Å². The molecular weight excluding hydrogens is 464 g/mol. The molecule has 1 atom stereocenters. The fourth-order valence-corrected chi connectivity index (χ4v) is 6.92. The summed E-state index contributed by atoms with van der Waals surface area (Å²) < 4.78 is 1.71. The van der Waals surface area contributed by atoms with Gasteiger partial charge in [0.05, 0.1) is 27.7 Å². The van der Waals surface area contributed by atoms with E-state index in [0.29, 0.717) is 33.6 Å². The fraction of sp³-hybridized carbons (Fsp3) is 0.231. The maximum absolute atomic E-state index is 13.8. The predicted molar refractivity (Wildman–Crippen MR) is 138 cm³/mol. The van der Waals surface area contributed by atoms with Crippen molar-refractivity contribution in [2.75, 3.05) is 0 Å². The molecule has 34 heavy (non-hydrogen) atoms. The Morgan fingerprint density at radius 2 is 1.88 bits per heavy atom. The van der Waals surface area contributed by atoms with Crippen LogP contribution in [0.5, 0.6) is 0 Å². The van der Waals surface area contributed by atoms with Crippen molar-refractivity contribution in [3.63, 3.8) is 0 Å². The van der Waals surface area contributed by atoms with Gasteiger partial charge in [-0.25, -0.2) is 9.97 Å². The SMILES string of the molecule is CC1CCc2c(sc3nc(SCc4nc5ccccc5c(=O)[nH]4)n(-c4ccccc4)c(=O)c23)C1. The van der Waals surface area contributed by atoms with Crippen LogP contribution in [0.1, 0.15) is 29.6 Å². The van der Waals surface area contributed by atoms with Crippen molar-refractivity contribution in [3.8, 4) is 5.69 Å². The van der Waals surface area contributed by atoms with Crippen LogP contribution < -0.4 is 11.1 Å². The molecule has 0 amide bonds. The number of rotatable bonds is 4. The highest BCUT2D eigenvalue weighted by atomic mass is 32.2. The van der Waals surface area contributed by atoms with Crippen LogP contribution >= 0.6 is 23.1 Å². The summed E-state index contributed by atoms with van der Waals surface area (Å²) in [5, 5.41) is 1.93. The largest absolute Gasteiger partial charge is 0.309 e. The first-order valence-corrected chi connectivity index (χ1v) is 13.1. The Morgan fingerprint density at radius 3 is 2.74 bits per heavy atom. The number of thiophene rings is 1. The van der Waals surface area contributed by atoms with Crippen LogP contribution in [0.3, 0.4) is 0 Å². The van der Waals surface area contributed by atoms with E-state index in [1.54, 1.807) is 22.0 Å². The number of para-hydroxylation sites is 2. The van der Waals surface area contributed by atoms with Gasteiger partial charge in [0.1, 0.15) is 10.7 Å². The predicted octanol–water partition coefficient (Wildman–Crippen LogP) is 5.10. The van der Waals surface area contributed by atoms with Crippen molar-refractivity contribution in [2.45, 2.75) is 37.1 Å². The van der Waals surface area contributed by atoms with E-state index < -0.39 is 0 Å². The molecule has 6 nitrogen and oxygen atoms in total. The van der Waals surface area contributed by atoms with E-state index in [2.05, 4.69) is 16.9 Å². The zero-order chi connectivity index (χ0) is 23.2. The van der Waals surface area contributed by atoms with Crippen LogP contribution in [-0.2, 0) is 18.6 Å². The number of nitrogens with one attached hydrogen (secondary N) is 1. The van der Waals surface area contributed by atoms with E-state index >= 15 is 0 Å². The molecule has 0 radical (unpaired) electrons. The molecule has 3 aromatic heterocycles. The number of aromatic nitrogens is 4. The lowest BCUT2D eigenvalue weighted by molar-refractivity contribution is 0.509. The second kappa shape index (κ2) is 8.52. The van der Waals surface area contributed by atoms with Crippen molar-refractivity contribution in [1.29, 1.82) is 0 Å². The number of thioether (sulfide) groups is 1. The van der Waals surface area contributed by atoms with Gasteiger partial charge in [0, 0.05) is 4.88 Å². The van der Waals surface area contributed by atoms with Crippen molar-refractivity contribution < 1.29 is 0 Å². The van der Waals surface area contributed by atoms with Crippen molar-refractivity contribution in [2.24, 2.45) is 5.92 Å². The molecular formula is C26H22N4O2S2. The van der Waals surface area contributed by atoms with Gasteiger partial charge in [0.15, 0.2) is 5.16 Å². The van der Waals surface area contributed by atoms with Crippen LogP contribution in [0, 0.1) is 5.92 Å². The standard InChI is InChI=1S/C26H22N4O2S2/c1-15-11-12-18-20(13-15)34-24-22(18)25(32)30(16-7-3-2-4-8-16)26(29-24)33-14-21-27-19-10-6-5-9-17(19)23(31)28-21/h2-10,15H,11-14H2,1H3,(H,27,28,31). The highest BCUT2D eigenvalue weighted by Crippen LogP contribution is 2.37. The van der Waals surface area contributed by atoms with Gasteiger partial charge in [0.25, 0.3) is 11.1 Å². The summed E-state index contributed by atoms with van der Waals surface area (Å²) in [6.45, 7) is 2.27. The first-order valence-electron chi connectivity index (χ1n) is 11.3. The Kier molecular flexibility index (Phi) is 5.34.